The molecule has 42 heavy (non-hydrogen) atoms. The van der Waals surface area contributed by atoms with Crippen LogP contribution in [0.15, 0.2) is 37.4 Å². The number of aromatic nitrogens is 4. The van der Waals surface area contributed by atoms with Crippen molar-refractivity contribution in [3.63, 3.8) is 0 Å². The molecule has 0 aliphatic carbocycles. The Morgan fingerprint density at radius 2 is 1.38 bits per heavy atom. The van der Waals surface area contributed by atoms with Gasteiger partial charge in [-0.15, -0.1) is 0 Å². The zero-order valence-corrected chi connectivity index (χ0v) is 24.2. The van der Waals surface area contributed by atoms with Gasteiger partial charge in [0.1, 0.15) is 0 Å². The second-order valence-electron chi connectivity index (χ2n) is 11.4. The molecule has 0 spiro atoms. The SMILES string of the molecule is C=Cc1c(C)c2cc3[nH]c(cc4nc(cc5nc(cc1[nH]2)C(C)=C5CCC(=O)O)C(C[C@H]1[C@@H]2O[O+]12)=C4C)c(C)c3C=C. The van der Waals surface area contributed by atoms with Gasteiger partial charge in [0.05, 0.1) is 29.2 Å². The molecule has 8 bridgehead atoms. The summed E-state index contributed by atoms with van der Waals surface area (Å²) in [5, 5.41) is 9.50. The largest absolute Gasteiger partial charge is 0.481 e. The van der Waals surface area contributed by atoms with Crippen LogP contribution >= 0.6 is 0 Å². The van der Waals surface area contributed by atoms with Gasteiger partial charge in [0.25, 0.3) is 0 Å². The Hall–Kier alpha value is -4.53. The van der Waals surface area contributed by atoms with Crippen LogP contribution in [-0.4, -0.2) is 43.4 Å². The van der Waals surface area contributed by atoms with Crippen molar-refractivity contribution < 1.29 is 19.3 Å². The molecule has 0 amide bonds. The number of fused-ring (bicyclic) bond motifs is 9. The monoisotopic (exact) mass is 561 g/mol. The first-order chi connectivity index (χ1) is 20.2. The molecule has 212 valence electrons. The second-order valence-corrected chi connectivity index (χ2v) is 11.4. The highest BCUT2D eigenvalue weighted by molar-refractivity contribution is 5.97. The summed E-state index contributed by atoms with van der Waals surface area (Å²) in [4.78, 5) is 34.3. The van der Waals surface area contributed by atoms with Crippen LogP contribution in [0.2, 0.25) is 0 Å². The van der Waals surface area contributed by atoms with Crippen molar-refractivity contribution >= 4 is 62.5 Å². The Labute approximate surface area is 243 Å². The van der Waals surface area contributed by atoms with E-state index in [1.54, 1.807) is 0 Å². The maximum Gasteiger partial charge on any atom is 0.445 e. The standard InChI is InChI=1S/C34H32N4O4/c1-7-20-16(3)24-12-25-19(6)23(11-32-34-41-42(32)34)31(38-25)15-30-22(9-10-33(39)40)18(5)27(37-30)14-29-21(8-2)17(4)26(36-29)13-28(20)35-24/h7-8,12-15,32,34H,1-2,9-11H2,3-6H3,(H2-,35,36,37,38,39,40)/p+1/t32-,34+/m0/s1. The maximum atomic E-state index is 11.6. The molecule has 2 fully saturated rings. The van der Waals surface area contributed by atoms with Crippen LogP contribution in [0, 0.1) is 13.8 Å². The number of carboxylic acids is 1. The number of allylic oxidation sites excluding steroid dienone is 3. The van der Waals surface area contributed by atoms with Crippen molar-refractivity contribution in [3.8, 4) is 0 Å². The van der Waals surface area contributed by atoms with Crippen LogP contribution in [0.4, 0.5) is 0 Å². The van der Waals surface area contributed by atoms with Gasteiger partial charge in [0.15, 0.2) is 0 Å². The van der Waals surface area contributed by atoms with Gasteiger partial charge >= 0.3 is 18.4 Å². The van der Waals surface area contributed by atoms with Crippen LogP contribution in [-0.2, 0) is 14.2 Å². The molecule has 4 aliphatic rings. The molecule has 0 aromatic carbocycles. The average molecular weight is 562 g/mol. The first kappa shape index (κ1) is 26.4. The van der Waals surface area contributed by atoms with Gasteiger partial charge in [-0.25, -0.2) is 9.97 Å². The van der Waals surface area contributed by atoms with E-state index in [-0.39, 0.29) is 18.8 Å². The predicted octanol–water partition coefficient (Wildman–Crippen LogP) is 7.54. The van der Waals surface area contributed by atoms with E-state index < -0.39 is 5.97 Å². The number of hydrogen-bond acceptors (Lipinski definition) is 4. The van der Waals surface area contributed by atoms with Gasteiger partial charge in [-0.1, -0.05) is 25.3 Å². The van der Waals surface area contributed by atoms with Crippen molar-refractivity contribution in [2.24, 2.45) is 0 Å². The summed E-state index contributed by atoms with van der Waals surface area (Å²) in [6.07, 6.45) is 5.38. The summed E-state index contributed by atoms with van der Waals surface area (Å²) in [6.45, 7) is 16.5. The number of aromatic amines is 2. The molecule has 8 heteroatoms. The number of carboxylic acid groups (broad SMARTS) is 1. The summed E-state index contributed by atoms with van der Waals surface area (Å²) in [6, 6.07) is 8.28. The minimum atomic E-state index is -0.835. The number of hydrogen-bond donors (Lipinski definition) is 3. The number of nitrogens with one attached hydrogen (secondary N) is 2. The Kier molecular flexibility index (Phi) is 5.97. The lowest BCUT2D eigenvalue weighted by Gasteiger charge is -2.04. The van der Waals surface area contributed by atoms with Crippen LogP contribution in [0.25, 0.3) is 56.5 Å². The van der Waals surface area contributed by atoms with E-state index in [2.05, 4.69) is 60.5 Å². The van der Waals surface area contributed by atoms with Crippen LogP contribution in [0.1, 0.15) is 78.1 Å². The van der Waals surface area contributed by atoms with E-state index in [0.29, 0.717) is 6.42 Å². The van der Waals surface area contributed by atoms with Gasteiger partial charge in [0, 0.05) is 39.6 Å². The highest BCUT2D eigenvalue weighted by atomic mass is 17.5. The van der Waals surface area contributed by atoms with Crippen molar-refractivity contribution in [3.05, 3.63) is 82.5 Å². The summed E-state index contributed by atoms with van der Waals surface area (Å²) >= 11 is 0. The van der Waals surface area contributed by atoms with Gasteiger partial charge < -0.3 is 15.1 Å². The molecule has 3 N–H and O–H groups in total. The molecule has 8 nitrogen and oxygen atoms in total. The normalized spacial score (nSPS) is 19.2. The van der Waals surface area contributed by atoms with E-state index >= 15 is 0 Å². The third-order valence-corrected chi connectivity index (χ3v) is 8.96. The number of H-pyrrole nitrogens is 2. The number of nitrogens with zero attached hydrogens (tertiary/aromatic N) is 2. The number of epoxide rings is 1. The van der Waals surface area contributed by atoms with Crippen molar-refractivity contribution in [2.45, 2.75) is 59.4 Å². The molecule has 4 aliphatic heterocycles. The molecule has 3 aromatic heterocycles. The van der Waals surface area contributed by atoms with Gasteiger partial charge in [0.2, 0.25) is 0 Å². The lowest BCUT2D eigenvalue weighted by molar-refractivity contribution is -0.153. The predicted molar refractivity (Wildman–Crippen MR) is 167 cm³/mol. The van der Waals surface area contributed by atoms with Gasteiger partial charge in [-0.05, 0) is 96.7 Å². The molecule has 3 aromatic rings. The van der Waals surface area contributed by atoms with E-state index in [1.807, 2.05) is 31.2 Å². The summed E-state index contributed by atoms with van der Waals surface area (Å²) in [5.41, 5.74) is 15.5. The summed E-state index contributed by atoms with van der Waals surface area (Å²) in [7, 11) is 0. The van der Waals surface area contributed by atoms with Crippen LogP contribution < -0.4 is 0 Å². The van der Waals surface area contributed by atoms with Gasteiger partial charge in [-0.3, -0.25) is 4.79 Å². The van der Waals surface area contributed by atoms with Crippen molar-refractivity contribution in [1.29, 1.82) is 0 Å². The zero-order valence-electron chi connectivity index (χ0n) is 24.2. The highest BCUT2D eigenvalue weighted by Gasteiger charge is 2.83. The molecule has 7 rings (SSSR count). The first-order valence-corrected chi connectivity index (χ1v) is 14.2. The number of aliphatic carboxylic acids is 1. The van der Waals surface area contributed by atoms with E-state index in [0.717, 1.165) is 95.8 Å². The topological polar surface area (TPSA) is 110 Å². The summed E-state index contributed by atoms with van der Waals surface area (Å²) in [5.74, 6) is -0.835. The fourth-order valence-electron chi connectivity index (χ4n) is 6.23. The number of rotatable bonds is 7. The minimum Gasteiger partial charge on any atom is -0.481 e. The molecule has 2 atom stereocenters. The van der Waals surface area contributed by atoms with Crippen LogP contribution in [0.5, 0.6) is 0 Å². The quantitative estimate of drug-likeness (QED) is 0.157. The van der Waals surface area contributed by atoms with Crippen LogP contribution in [0.3, 0.4) is 0 Å². The molecule has 0 saturated carbocycles. The van der Waals surface area contributed by atoms with E-state index in [9.17, 15) is 9.90 Å². The Morgan fingerprint density at radius 1 is 0.857 bits per heavy atom. The maximum absolute atomic E-state index is 11.6. The average Bonchev–Trinajstić information content (AvgIpc) is 3.75. The molecule has 0 unspecified atom stereocenters. The third kappa shape index (κ3) is 4.18. The molecular formula is C34H33N4O4+. The molecule has 0 radical (unpaired) electrons. The number of carbonyl (C=O) groups is 1. The van der Waals surface area contributed by atoms with Gasteiger partial charge in [-0.2, -0.15) is 4.52 Å². The molecular weight excluding hydrogens is 528 g/mol. The number of aryl methyl sites for hydroxylation is 2. The smallest absolute Gasteiger partial charge is 0.445 e. The third-order valence-electron chi connectivity index (χ3n) is 8.96. The summed E-state index contributed by atoms with van der Waals surface area (Å²) < 4.78 is 2.81. The Bertz CT molecular complexity index is 1960. The molecule has 2 saturated heterocycles. The van der Waals surface area contributed by atoms with E-state index in [1.165, 1.54) is 0 Å². The fraction of sp³-hybridized carbons (Fsp3) is 0.265. The van der Waals surface area contributed by atoms with E-state index in [4.69, 9.17) is 14.9 Å². The molecule has 7 heterocycles. The zero-order chi connectivity index (χ0) is 29.4. The second kappa shape index (κ2) is 9.51. The Morgan fingerprint density at radius 3 is 1.93 bits per heavy atom. The van der Waals surface area contributed by atoms with Crippen molar-refractivity contribution in [2.75, 3.05) is 0 Å². The Balaban J connectivity index is 1.56. The first-order valence-electron chi connectivity index (χ1n) is 14.2. The lowest BCUT2D eigenvalue weighted by Crippen LogP contribution is -2.02. The fourth-order valence-corrected chi connectivity index (χ4v) is 6.23. The van der Waals surface area contributed by atoms with Crippen molar-refractivity contribution in [1.82, 2.24) is 19.9 Å². The lowest BCUT2D eigenvalue weighted by atomic mass is 9.98. The minimum absolute atomic E-state index is 0.0251. The highest BCUT2D eigenvalue weighted by Crippen LogP contribution is 2.56.